The minimum atomic E-state index is -3.62. The molecule has 0 radical (unpaired) electrons. The standard InChI is InChI=1S/C10H18INO3S/c1-9(2)7(5-11)4-8(13)10(9,3)6-16(12,14)15/h7H,4-6H2,1-3H3,(H2,12,14,15)/t7?,10-/m1/s1. The fourth-order valence-electron chi connectivity index (χ4n) is 2.43. The number of halogens is 1. The van der Waals surface area contributed by atoms with Crippen molar-refractivity contribution < 1.29 is 13.2 Å². The molecule has 16 heavy (non-hydrogen) atoms. The largest absolute Gasteiger partial charge is 0.299 e. The smallest absolute Gasteiger partial charge is 0.210 e. The molecule has 0 aliphatic heterocycles. The number of hydrogen-bond donors (Lipinski definition) is 1. The number of primary sulfonamides is 1. The molecular weight excluding hydrogens is 341 g/mol. The van der Waals surface area contributed by atoms with Crippen molar-refractivity contribution >= 4 is 38.4 Å². The van der Waals surface area contributed by atoms with Crippen LogP contribution in [0.2, 0.25) is 0 Å². The molecule has 0 aromatic rings. The van der Waals surface area contributed by atoms with Crippen LogP contribution in [0.1, 0.15) is 27.2 Å². The highest BCUT2D eigenvalue weighted by molar-refractivity contribution is 14.1. The van der Waals surface area contributed by atoms with Crippen molar-refractivity contribution in [3.05, 3.63) is 0 Å². The van der Waals surface area contributed by atoms with Gasteiger partial charge in [0.25, 0.3) is 0 Å². The third-order valence-corrected chi connectivity index (χ3v) is 6.21. The third-order valence-electron chi connectivity index (χ3n) is 4.17. The number of ketones is 1. The van der Waals surface area contributed by atoms with Crippen molar-refractivity contribution in [1.82, 2.24) is 0 Å². The molecule has 94 valence electrons. The topological polar surface area (TPSA) is 77.2 Å². The van der Waals surface area contributed by atoms with E-state index in [0.717, 1.165) is 4.43 Å². The van der Waals surface area contributed by atoms with Crippen LogP contribution in [0, 0.1) is 16.7 Å². The molecule has 1 fully saturated rings. The molecule has 1 aliphatic rings. The van der Waals surface area contributed by atoms with Crippen molar-refractivity contribution in [2.45, 2.75) is 27.2 Å². The van der Waals surface area contributed by atoms with Crippen LogP contribution in [0.5, 0.6) is 0 Å². The molecule has 0 saturated heterocycles. The summed E-state index contributed by atoms with van der Waals surface area (Å²) >= 11 is 2.25. The number of sulfonamides is 1. The van der Waals surface area contributed by atoms with Crippen LogP contribution < -0.4 is 5.14 Å². The van der Waals surface area contributed by atoms with Gasteiger partial charge in [-0.3, -0.25) is 4.79 Å². The van der Waals surface area contributed by atoms with E-state index in [9.17, 15) is 13.2 Å². The number of carbonyl (C=O) groups excluding carboxylic acids is 1. The van der Waals surface area contributed by atoms with E-state index in [1.165, 1.54) is 0 Å². The molecular formula is C10H18INO3S. The first-order chi connectivity index (χ1) is 7.04. The highest BCUT2D eigenvalue weighted by Gasteiger charge is 2.57. The molecule has 1 unspecified atom stereocenters. The van der Waals surface area contributed by atoms with Crippen molar-refractivity contribution in [2.24, 2.45) is 21.9 Å². The lowest BCUT2D eigenvalue weighted by Crippen LogP contribution is -2.45. The summed E-state index contributed by atoms with van der Waals surface area (Å²) in [6, 6.07) is 0. The normalized spacial score (nSPS) is 34.3. The van der Waals surface area contributed by atoms with E-state index in [1.54, 1.807) is 6.92 Å². The van der Waals surface area contributed by atoms with Gasteiger partial charge in [0.15, 0.2) is 0 Å². The summed E-state index contributed by atoms with van der Waals surface area (Å²) in [6.45, 7) is 5.66. The zero-order chi connectivity index (χ0) is 12.8. The Kier molecular flexibility index (Phi) is 3.78. The molecule has 0 aromatic heterocycles. The maximum atomic E-state index is 12.0. The fourth-order valence-corrected chi connectivity index (χ4v) is 5.18. The highest BCUT2D eigenvalue weighted by atomic mass is 127. The van der Waals surface area contributed by atoms with Crippen LogP contribution in [-0.2, 0) is 14.8 Å². The second kappa shape index (κ2) is 4.20. The summed E-state index contributed by atoms with van der Waals surface area (Å²) in [5.74, 6) is -0.000518. The summed E-state index contributed by atoms with van der Waals surface area (Å²) in [5.41, 5.74) is -1.17. The first-order valence-electron chi connectivity index (χ1n) is 5.14. The summed E-state index contributed by atoms with van der Waals surface area (Å²) in [7, 11) is -3.62. The van der Waals surface area contributed by atoms with Crippen LogP contribution >= 0.6 is 22.6 Å². The summed E-state index contributed by atoms with van der Waals surface area (Å²) in [4.78, 5) is 12.0. The van der Waals surface area contributed by atoms with Crippen molar-refractivity contribution in [2.75, 3.05) is 10.2 Å². The van der Waals surface area contributed by atoms with Crippen LogP contribution in [-0.4, -0.2) is 24.4 Å². The molecule has 0 aromatic carbocycles. The molecule has 1 aliphatic carbocycles. The van der Waals surface area contributed by atoms with Crippen molar-refractivity contribution in [1.29, 1.82) is 0 Å². The minimum absolute atomic E-state index is 0.0215. The lowest BCUT2D eigenvalue weighted by Gasteiger charge is -2.39. The van der Waals surface area contributed by atoms with Gasteiger partial charge >= 0.3 is 0 Å². The predicted molar refractivity (Wildman–Crippen MR) is 71.9 cm³/mol. The minimum Gasteiger partial charge on any atom is -0.299 e. The van der Waals surface area contributed by atoms with E-state index in [2.05, 4.69) is 22.6 Å². The van der Waals surface area contributed by atoms with E-state index >= 15 is 0 Å². The Morgan fingerprint density at radius 1 is 1.44 bits per heavy atom. The molecule has 0 spiro atoms. The van der Waals surface area contributed by atoms with E-state index in [0.29, 0.717) is 6.42 Å². The van der Waals surface area contributed by atoms with Gasteiger partial charge in [0, 0.05) is 16.3 Å². The SMILES string of the molecule is CC1(C)C(CI)CC(=O)[C@@]1(C)CS(N)(=O)=O. The number of carbonyl (C=O) groups is 1. The Bertz CT molecular complexity index is 404. The second-order valence-corrected chi connectivity index (χ2v) is 7.83. The molecule has 0 amide bonds. The van der Waals surface area contributed by atoms with Gasteiger partial charge in [-0.05, 0) is 11.3 Å². The Balaban J connectivity index is 3.16. The van der Waals surface area contributed by atoms with Gasteiger partial charge in [0.2, 0.25) is 10.0 Å². The summed E-state index contributed by atoms with van der Waals surface area (Å²) in [5, 5.41) is 5.09. The first kappa shape index (κ1) is 14.4. The zero-order valence-corrected chi connectivity index (χ0v) is 12.8. The molecule has 1 rings (SSSR count). The number of rotatable bonds is 3. The number of alkyl halides is 1. The molecule has 2 N–H and O–H groups in total. The average Bonchev–Trinajstić information content (AvgIpc) is 2.23. The van der Waals surface area contributed by atoms with E-state index in [4.69, 9.17) is 5.14 Å². The molecule has 2 atom stereocenters. The van der Waals surface area contributed by atoms with E-state index in [-0.39, 0.29) is 22.9 Å². The maximum absolute atomic E-state index is 12.0. The third kappa shape index (κ3) is 2.28. The molecule has 4 nitrogen and oxygen atoms in total. The molecule has 0 heterocycles. The van der Waals surface area contributed by atoms with Crippen molar-refractivity contribution in [3.8, 4) is 0 Å². The van der Waals surface area contributed by atoms with Crippen LogP contribution in [0.15, 0.2) is 0 Å². The van der Waals surface area contributed by atoms with Gasteiger partial charge in [0.1, 0.15) is 5.78 Å². The molecule has 0 bridgehead atoms. The maximum Gasteiger partial charge on any atom is 0.210 e. The Morgan fingerprint density at radius 2 is 1.94 bits per heavy atom. The van der Waals surface area contributed by atoms with Crippen LogP contribution in [0.3, 0.4) is 0 Å². The van der Waals surface area contributed by atoms with Gasteiger partial charge < -0.3 is 0 Å². The Labute approximate surface area is 111 Å². The van der Waals surface area contributed by atoms with E-state index in [1.807, 2.05) is 13.8 Å². The summed E-state index contributed by atoms with van der Waals surface area (Å²) < 4.78 is 23.3. The van der Waals surface area contributed by atoms with Gasteiger partial charge in [-0.25, -0.2) is 13.6 Å². The number of Topliss-reactive ketones (excluding diaryl/α,β-unsaturated/α-hetero) is 1. The number of hydrogen-bond acceptors (Lipinski definition) is 3. The quantitative estimate of drug-likeness (QED) is 0.610. The van der Waals surface area contributed by atoms with Crippen molar-refractivity contribution in [3.63, 3.8) is 0 Å². The average molecular weight is 359 g/mol. The predicted octanol–water partition coefficient (Wildman–Crippen LogP) is 1.33. The second-order valence-electron chi connectivity index (χ2n) is 5.34. The van der Waals surface area contributed by atoms with Gasteiger partial charge in [-0.2, -0.15) is 0 Å². The lowest BCUT2D eigenvalue weighted by molar-refractivity contribution is -0.126. The molecule has 6 heteroatoms. The van der Waals surface area contributed by atoms with Crippen LogP contribution in [0.25, 0.3) is 0 Å². The number of nitrogens with two attached hydrogens (primary N) is 1. The summed E-state index contributed by atoms with van der Waals surface area (Å²) in [6.07, 6.45) is 0.460. The van der Waals surface area contributed by atoms with Gasteiger partial charge in [-0.15, -0.1) is 0 Å². The monoisotopic (exact) mass is 359 g/mol. The highest BCUT2D eigenvalue weighted by Crippen LogP contribution is 2.54. The first-order valence-corrected chi connectivity index (χ1v) is 8.38. The van der Waals surface area contributed by atoms with Gasteiger partial charge in [0.05, 0.1) is 5.75 Å². The van der Waals surface area contributed by atoms with Crippen LogP contribution in [0.4, 0.5) is 0 Å². The Morgan fingerprint density at radius 3 is 2.25 bits per heavy atom. The van der Waals surface area contributed by atoms with E-state index < -0.39 is 15.4 Å². The zero-order valence-electron chi connectivity index (χ0n) is 9.79. The fraction of sp³-hybridized carbons (Fsp3) is 0.900. The van der Waals surface area contributed by atoms with Gasteiger partial charge in [-0.1, -0.05) is 43.4 Å². The Hall–Kier alpha value is 0.310. The molecule has 1 saturated carbocycles. The lowest BCUT2D eigenvalue weighted by atomic mass is 9.67.